The van der Waals surface area contributed by atoms with Crippen LogP contribution in [-0.4, -0.2) is 17.8 Å². The van der Waals surface area contributed by atoms with Crippen LogP contribution in [0, 0.1) is 13.8 Å². The SMILES string of the molecule is CNC(CSc1ccc(C)cc1)c1ccc(C)nc1. The van der Waals surface area contributed by atoms with Gasteiger partial charge in [0.05, 0.1) is 0 Å². The summed E-state index contributed by atoms with van der Waals surface area (Å²) in [5.74, 6) is 1.00. The average molecular weight is 272 g/mol. The van der Waals surface area contributed by atoms with E-state index in [1.165, 1.54) is 16.0 Å². The Kier molecular flexibility index (Phi) is 5.00. The maximum atomic E-state index is 4.37. The van der Waals surface area contributed by atoms with Crippen molar-refractivity contribution in [2.75, 3.05) is 12.8 Å². The minimum atomic E-state index is 0.333. The Labute approximate surface area is 119 Å². The van der Waals surface area contributed by atoms with E-state index in [9.17, 15) is 0 Å². The second kappa shape index (κ2) is 6.73. The molecule has 3 heteroatoms. The molecule has 1 aromatic carbocycles. The van der Waals surface area contributed by atoms with Gasteiger partial charge in [-0.05, 0) is 44.7 Å². The molecule has 1 N–H and O–H groups in total. The molecule has 0 radical (unpaired) electrons. The van der Waals surface area contributed by atoms with Crippen LogP contribution in [0.15, 0.2) is 47.5 Å². The molecule has 2 aromatic rings. The van der Waals surface area contributed by atoms with Gasteiger partial charge in [0, 0.05) is 28.6 Å². The highest BCUT2D eigenvalue weighted by atomic mass is 32.2. The van der Waals surface area contributed by atoms with Crippen LogP contribution in [0.4, 0.5) is 0 Å². The van der Waals surface area contributed by atoms with Crippen LogP contribution >= 0.6 is 11.8 Å². The van der Waals surface area contributed by atoms with Gasteiger partial charge in [0.15, 0.2) is 0 Å². The van der Waals surface area contributed by atoms with Crippen LogP contribution in [0.2, 0.25) is 0 Å². The van der Waals surface area contributed by atoms with E-state index >= 15 is 0 Å². The fourth-order valence-electron chi connectivity index (χ4n) is 1.85. The summed E-state index contributed by atoms with van der Waals surface area (Å²) in [6.45, 7) is 4.13. The normalized spacial score (nSPS) is 12.4. The molecular weight excluding hydrogens is 252 g/mol. The maximum Gasteiger partial charge on any atom is 0.0428 e. The summed E-state index contributed by atoms with van der Waals surface area (Å²) < 4.78 is 0. The molecule has 0 saturated carbocycles. The first kappa shape index (κ1) is 14.1. The van der Waals surface area contributed by atoms with Gasteiger partial charge < -0.3 is 5.32 Å². The van der Waals surface area contributed by atoms with Crippen LogP contribution in [0.5, 0.6) is 0 Å². The molecule has 0 spiro atoms. The number of thioether (sulfide) groups is 1. The Hall–Kier alpha value is -1.32. The Morgan fingerprint density at radius 2 is 1.84 bits per heavy atom. The molecule has 1 heterocycles. The molecule has 0 aliphatic carbocycles. The standard InChI is InChI=1S/C16H20N2S/c1-12-4-8-15(9-5-12)19-11-16(17-3)14-7-6-13(2)18-10-14/h4-10,16-17H,11H2,1-3H3. The second-order valence-electron chi connectivity index (χ2n) is 4.70. The van der Waals surface area contributed by atoms with Crippen molar-refractivity contribution in [2.45, 2.75) is 24.8 Å². The van der Waals surface area contributed by atoms with Crippen molar-refractivity contribution < 1.29 is 0 Å². The van der Waals surface area contributed by atoms with Crippen LogP contribution in [0.1, 0.15) is 22.9 Å². The first-order valence-electron chi connectivity index (χ1n) is 6.48. The summed E-state index contributed by atoms with van der Waals surface area (Å²) in [5.41, 5.74) is 3.61. The van der Waals surface area contributed by atoms with Crippen LogP contribution in [0.3, 0.4) is 0 Å². The minimum Gasteiger partial charge on any atom is -0.312 e. The number of nitrogens with one attached hydrogen (secondary N) is 1. The van der Waals surface area contributed by atoms with Gasteiger partial charge in [0.25, 0.3) is 0 Å². The fourth-order valence-corrected chi connectivity index (χ4v) is 2.89. The van der Waals surface area contributed by atoms with Gasteiger partial charge in [0.1, 0.15) is 0 Å². The predicted molar refractivity (Wildman–Crippen MR) is 82.7 cm³/mol. The summed E-state index contributed by atoms with van der Waals surface area (Å²) in [4.78, 5) is 5.68. The minimum absolute atomic E-state index is 0.333. The second-order valence-corrected chi connectivity index (χ2v) is 5.79. The third kappa shape index (κ3) is 4.08. The van der Waals surface area contributed by atoms with Crippen molar-refractivity contribution in [1.82, 2.24) is 10.3 Å². The van der Waals surface area contributed by atoms with Crippen molar-refractivity contribution in [3.05, 3.63) is 59.4 Å². The first-order valence-corrected chi connectivity index (χ1v) is 7.47. The molecule has 0 fully saturated rings. The third-order valence-corrected chi connectivity index (χ3v) is 4.23. The molecule has 19 heavy (non-hydrogen) atoms. The third-order valence-electron chi connectivity index (χ3n) is 3.12. The molecule has 2 rings (SSSR count). The van der Waals surface area contributed by atoms with E-state index in [1.54, 1.807) is 0 Å². The van der Waals surface area contributed by atoms with Crippen LogP contribution in [-0.2, 0) is 0 Å². The lowest BCUT2D eigenvalue weighted by atomic mass is 10.1. The average Bonchev–Trinajstić information content (AvgIpc) is 2.43. The zero-order valence-corrected chi connectivity index (χ0v) is 12.5. The molecule has 1 atom stereocenters. The Morgan fingerprint density at radius 3 is 2.42 bits per heavy atom. The Bertz CT molecular complexity index is 505. The van der Waals surface area contributed by atoms with E-state index in [2.05, 4.69) is 53.6 Å². The Balaban J connectivity index is 1.99. The van der Waals surface area contributed by atoms with E-state index in [0.717, 1.165) is 11.4 Å². The van der Waals surface area contributed by atoms with Gasteiger partial charge in [-0.3, -0.25) is 4.98 Å². The lowest BCUT2D eigenvalue weighted by Gasteiger charge is -2.16. The van der Waals surface area contributed by atoms with Gasteiger partial charge in [-0.25, -0.2) is 0 Å². The summed E-state index contributed by atoms with van der Waals surface area (Å²) in [5, 5.41) is 3.36. The number of aryl methyl sites for hydroxylation is 2. The summed E-state index contributed by atoms with van der Waals surface area (Å²) >= 11 is 1.87. The smallest absolute Gasteiger partial charge is 0.0428 e. The predicted octanol–water partition coefficient (Wildman–Crippen LogP) is 3.75. The van der Waals surface area contributed by atoms with Crippen molar-refractivity contribution in [3.8, 4) is 0 Å². The van der Waals surface area contributed by atoms with Gasteiger partial charge in [-0.2, -0.15) is 0 Å². The van der Waals surface area contributed by atoms with Crippen LogP contribution in [0.25, 0.3) is 0 Å². The lowest BCUT2D eigenvalue weighted by molar-refractivity contribution is 0.658. The van der Waals surface area contributed by atoms with E-state index in [0.29, 0.717) is 6.04 Å². The monoisotopic (exact) mass is 272 g/mol. The molecule has 0 bridgehead atoms. The topological polar surface area (TPSA) is 24.9 Å². The maximum absolute atomic E-state index is 4.37. The van der Waals surface area contributed by atoms with Gasteiger partial charge in [-0.1, -0.05) is 23.8 Å². The summed E-state index contributed by atoms with van der Waals surface area (Å²) in [6.07, 6.45) is 1.96. The van der Waals surface area contributed by atoms with Crippen molar-refractivity contribution >= 4 is 11.8 Å². The number of nitrogens with zero attached hydrogens (tertiary/aromatic N) is 1. The first-order chi connectivity index (χ1) is 9.19. The molecule has 0 aliphatic rings. The molecule has 1 aromatic heterocycles. The Morgan fingerprint density at radius 1 is 1.11 bits per heavy atom. The largest absolute Gasteiger partial charge is 0.312 e. The van der Waals surface area contributed by atoms with Crippen LogP contribution < -0.4 is 5.32 Å². The highest BCUT2D eigenvalue weighted by Crippen LogP contribution is 2.24. The van der Waals surface area contributed by atoms with Crippen molar-refractivity contribution in [2.24, 2.45) is 0 Å². The van der Waals surface area contributed by atoms with Gasteiger partial charge in [-0.15, -0.1) is 11.8 Å². The number of rotatable bonds is 5. The quantitative estimate of drug-likeness (QED) is 0.839. The summed E-state index contributed by atoms with van der Waals surface area (Å²) in [6, 6.07) is 13.2. The molecular formula is C16H20N2S. The fraction of sp³-hybridized carbons (Fsp3) is 0.312. The molecule has 100 valence electrons. The highest BCUT2D eigenvalue weighted by molar-refractivity contribution is 7.99. The van der Waals surface area contributed by atoms with E-state index in [1.807, 2.05) is 31.9 Å². The molecule has 0 amide bonds. The highest BCUT2D eigenvalue weighted by Gasteiger charge is 2.09. The van der Waals surface area contributed by atoms with E-state index in [-0.39, 0.29) is 0 Å². The zero-order chi connectivity index (χ0) is 13.7. The number of hydrogen-bond acceptors (Lipinski definition) is 3. The van der Waals surface area contributed by atoms with Gasteiger partial charge >= 0.3 is 0 Å². The molecule has 0 aliphatic heterocycles. The molecule has 2 nitrogen and oxygen atoms in total. The summed E-state index contributed by atoms with van der Waals surface area (Å²) in [7, 11) is 2.00. The number of pyridine rings is 1. The van der Waals surface area contributed by atoms with Crippen molar-refractivity contribution in [1.29, 1.82) is 0 Å². The number of benzene rings is 1. The lowest BCUT2D eigenvalue weighted by Crippen LogP contribution is -2.18. The van der Waals surface area contributed by atoms with Gasteiger partial charge in [0.2, 0.25) is 0 Å². The number of aromatic nitrogens is 1. The zero-order valence-electron chi connectivity index (χ0n) is 11.7. The van der Waals surface area contributed by atoms with E-state index < -0.39 is 0 Å². The number of hydrogen-bond donors (Lipinski definition) is 1. The molecule has 1 unspecified atom stereocenters. The van der Waals surface area contributed by atoms with Crippen molar-refractivity contribution in [3.63, 3.8) is 0 Å². The molecule has 0 saturated heterocycles. The van der Waals surface area contributed by atoms with E-state index in [4.69, 9.17) is 0 Å².